The Morgan fingerprint density at radius 1 is 1.16 bits per heavy atom. The summed E-state index contributed by atoms with van der Waals surface area (Å²) >= 11 is 0. The molecule has 0 radical (unpaired) electrons. The van der Waals surface area contributed by atoms with E-state index in [-0.39, 0.29) is 5.92 Å². The molecule has 3 heterocycles. The van der Waals surface area contributed by atoms with Crippen LogP contribution < -0.4 is 9.64 Å². The van der Waals surface area contributed by atoms with Gasteiger partial charge in [0.2, 0.25) is 17.7 Å². The minimum atomic E-state index is 0.260. The maximum absolute atomic E-state index is 5.52. The summed E-state index contributed by atoms with van der Waals surface area (Å²) in [6.07, 6.45) is 0. The minimum Gasteiger partial charge on any atom is -0.478 e. The largest absolute Gasteiger partial charge is 0.478 e. The van der Waals surface area contributed by atoms with Gasteiger partial charge in [0, 0.05) is 43.9 Å². The molecule has 0 aromatic carbocycles. The number of aromatic nitrogens is 4. The van der Waals surface area contributed by atoms with Gasteiger partial charge in [-0.25, -0.2) is 4.98 Å². The summed E-state index contributed by atoms with van der Waals surface area (Å²) in [5, 5.41) is 4.07. The van der Waals surface area contributed by atoms with Gasteiger partial charge in [0.05, 0.1) is 13.2 Å². The van der Waals surface area contributed by atoms with Gasteiger partial charge in [-0.15, -0.1) is 0 Å². The number of aryl methyl sites for hydroxylation is 1. The first-order valence-corrected chi connectivity index (χ1v) is 8.83. The first kappa shape index (κ1) is 17.6. The Kier molecular flexibility index (Phi) is 5.47. The van der Waals surface area contributed by atoms with Gasteiger partial charge >= 0.3 is 0 Å². The van der Waals surface area contributed by atoms with Crippen LogP contribution in [0.3, 0.4) is 0 Å². The fourth-order valence-corrected chi connectivity index (χ4v) is 2.76. The molecule has 1 fully saturated rings. The Morgan fingerprint density at radius 2 is 1.92 bits per heavy atom. The van der Waals surface area contributed by atoms with Crippen LogP contribution in [-0.4, -0.2) is 57.8 Å². The predicted molar refractivity (Wildman–Crippen MR) is 93.8 cm³/mol. The van der Waals surface area contributed by atoms with Gasteiger partial charge in [0.1, 0.15) is 0 Å². The summed E-state index contributed by atoms with van der Waals surface area (Å²) in [5.41, 5.74) is 0.920. The lowest BCUT2D eigenvalue weighted by molar-refractivity contribution is 0.238. The van der Waals surface area contributed by atoms with Crippen LogP contribution in [-0.2, 0) is 6.54 Å². The van der Waals surface area contributed by atoms with Crippen LogP contribution in [0.25, 0.3) is 0 Å². The smallest absolute Gasteiger partial charge is 0.229 e. The lowest BCUT2D eigenvalue weighted by atomic mass is 10.2. The molecule has 25 heavy (non-hydrogen) atoms. The quantitative estimate of drug-likeness (QED) is 0.786. The standard InChI is InChI=1S/C17H26N6O2/c1-5-24-15-10-13(4)18-17(20-15)23-8-6-22(7-9-23)11-14-19-16(12(2)3)25-21-14/h10,12H,5-9,11H2,1-4H3. The van der Waals surface area contributed by atoms with Gasteiger partial charge in [-0.3, -0.25) is 4.90 Å². The summed E-state index contributed by atoms with van der Waals surface area (Å²) in [6.45, 7) is 12.9. The van der Waals surface area contributed by atoms with Crippen molar-refractivity contribution in [1.82, 2.24) is 25.0 Å². The Hall–Kier alpha value is -2.22. The van der Waals surface area contributed by atoms with E-state index in [4.69, 9.17) is 9.26 Å². The van der Waals surface area contributed by atoms with Gasteiger partial charge < -0.3 is 14.2 Å². The third-order valence-corrected chi connectivity index (χ3v) is 4.11. The molecule has 0 saturated carbocycles. The molecule has 8 heteroatoms. The Balaban J connectivity index is 1.58. The molecule has 1 aliphatic rings. The van der Waals surface area contributed by atoms with E-state index < -0.39 is 0 Å². The average molecular weight is 346 g/mol. The molecule has 0 atom stereocenters. The molecule has 2 aromatic heterocycles. The second kappa shape index (κ2) is 7.77. The first-order chi connectivity index (χ1) is 12.0. The van der Waals surface area contributed by atoms with Crippen molar-refractivity contribution in [3.05, 3.63) is 23.5 Å². The number of ether oxygens (including phenoxy) is 1. The fraction of sp³-hybridized carbons (Fsp3) is 0.647. The third kappa shape index (κ3) is 4.45. The van der Waals surface area contributed by atoms with E-state index in [1.807, 2.05) is 19.9 Å². The van der Waals surface area contributed by atoms with E-state index in [1.54, 1.807) is 0 Å². The maximum atomic E-state index is 5.52. The SMILES string of the molecule is CCOc1cc(C)nc(N2CCN(Cc3noc(C(C)C)n3)CC2)n1. The zero-order valence-electron chi connectivity index (χ0n) is 15.4. The molecule has 3 rings (SSSR count). The number of rotatable bonds is 6. The van der Waals surface area contributed by atoms with Crippen molar-refractivity contribution in [2.75, 3.05) is 37.7 Å². The van der Waals surface area contributed by atoms with E-state index in [9.17, 15) is 0 Å². The molecule has 0 amide bonds. The van der Waals surface area contributed by atoms with Crippen LogP contribution >= 0.6 is 0 Å². The van der Waals surface area contributed by atoms with Crippen molar-refractivity contribution in [2.45, 2.75) is 40.2 Å². The highest BCUT2D eigenvalue weighted by molar-refractivity contribution is 5.35. The zero-order valence-corrected chi connectivity index (χ0v) is 15.4. The third-order valence-electron chi connectivity index (χ3n) is 4.11. The van der Waals surface area contributed by atoms with Crippen molar-refractivity contribution in [3.8, 4) is 5.88 Å². The highest BCUT2D eigenvalue weighted by atomic mass is 16.5. The highest BCUT2D eigenvalue weighted by Crippen LogP contribution is 2.18. The Bertz CT molecular complexity index is 694. The molecule has 0 unspecified atom stereocenters. The number of anilines is 1. The van der Waals surface area contributed by atoms with Gasteiger partial charge in [0.15, 0.2) is 5.82 Å². The summed E-state index contributed by atoms with van der Waals surface area (Å²) < 4.78 is 10.8. The number of nitrogens with zero attached hydrogens (tertiary/aromatic N) is 6. The minimum absolute atomic E-state index is 0.260. The first-order valence-electron chi connectivity index (χ1n) is 8.83. The predicted octanol–water partition coefficient (Wildman–Crippen LogP) is 2.01. The van der Waals surface area contributed by atoms with Crippen LogP contribution in [0.4, 0.5) is 5.95 Å². The van der Waals surface area contributed by atoms with E-state index in [0.29, 0.717) is 24.9 Å². The normalized spacial score (nSPS) is 15.8. The molecule has 0 N–H and O–H groups in total. The Morgan fingerprint density at radius 3 is 2.56 bits per heavy atom. The van der Waals surface area contributed by atoms with Crippen LogP contribution in [0.15, 0.2) is 10.6 Å². The maximum Gasteiger partial charge on any atom is 0.229 e. The van der Waals surface area contributed by atoms with Crippen LogP contribution in [0.5, 0.6) is 5.88 Å². The fourth-order valence-electron chi connectivity index (χ4n) is 2.76. The summed E-state index contributed by atoms with van der Waals surface area (Å²) in [7, 11) is 0. The van der Waals surface area contributed by atoms with Crippen LogP contribution in [0.1, 0.15) is 44.1 Å². The number of piperazine rings is 1. The summed E-state index contributed by atoms with van der Waals surface area (Å²) in [6, 6.07) is 1.87. The molecule has 8 nitrogen and oxygen atoms in total. The van der Waals surface area contributed by atoms with Gasteiger partial charge in [-0.05, 0) is 13.8 Å². The number of hydrogen-bond acceptors (Lipinski definition) is 8. The second-order valence-electron chi connectivity index (χ2n) is 6.55. The van der Waals surface area contributed by atoms with Crippen molar-refractivity contribution in [3.63, 3.8) is 0 Å². The average Bonchev–Trinajstić information content (AvgIpc) is 3.04. The molecule has 0 aliphatic carbocycles. The summed E-state index contributed by atoms with van der Waals surface area (Å²) in [4.78, 5) is 18.0. The molecule has 0 bridgehead atoms. The molecule has 2 aromatic rings. The second-order valence-corrected chi connectivity index (χ2v) is 6.55. The van der Waals surface area contributed by atoms with Crippen molar-refractivity contribution in [1.29, 1.82) is 0 Å². The molecule has 0 spiro atoms. The molecular weight excluding hydrogens is 320 g/mol. The molecule has 136 valence electrons. The monoisotopic (exact) mass is 346 g/mol. The van der Waals surface area contributed by atoms with Gasteiger partial charge in [-0.1, -0.05) is 19.0 Å². The molecule has 1 saturated heterocycles. The lowest BCUT2D eigenvalue weighted by Crippen LogP contribution is -2.46. The van der Waals surface area contributed by atoms with Crippen molar-refractivity contribution >= 4 is 5.95 Å². The van der Waals surface area contributed by atoms with Crippen LogP contribution in [0.2, 0.25) is 0 Å². The van der Waals surface area contributed by atoms with E-state index in [0.717, 1.165) is 43.6 Å². The molecular formula is C17H26N6O2. The van der Waals surface area contributed by atoms with Crippen molar-refractivity contribution < 1.29 is 9.26 Å². The van der Waals surface area contributed by atoms with Gasteiger partial charge in [0.25, 0.3) is 0 Å². The Labute approximate surface area is 148 Å². The van der Waals surface area contributed by atoms with E-state index in [1.165, 1.54) is 0 Å². The number of hydrogen-bond donors (Lipinski definition) is 0. The van der Waals surface area contributed by atoms with Crippen LogP contribution in [0, 0.1) is 6.92 Å². The van der Waals surface area contributed by atoms with E-state index in [2.05, 4.69) is 43.8 Å². The topological polar surface area (TPSA) is 80.4 Å². The van der Waals surface area contributed by atoms with E-state index >= 15 is 0 Å². The van der Waals surface area contributed by atoms with Crippen molar-refractivity contribution in [2.24, 2.45) is 0 Å². The van der Waals surface area contributed by atoms with Gasteiger partial charge in [-0.2, -0.15) is 9.97 Å². The summed E-state index contributed by atoms with van der Waals surface area (Å²) in [5.74, 6) is 3.09. The molecule has 1 aliphatic heterocycles. The highest BCUT2D eigenvalue weighted by Gasteiger charge is 2.21. The zero-order chi connectivity index (χ0) is 17.8. The lowest BCUT2D eigenvalue weighted by Gasteiger charge is -2.34.